The Bertz CT molecular complexity index is 776. The molecular formula is C21H29N3O2S. The van der Waals surface area contributed by atoms with Gasteiger partial charge in [0.15, 0.2) is 0 Å². The van der Waals surface area contributed by atoms with Crippen LogP contribution in [-0.4, -0.2) is 36.0 Å². The molecule has 0 bridgehead atoms. The fourth-order valence-corrected chi connectivity index (χ4v) is 4.76. The van der Waals surface area contributed by atoms with Crippen LogP contribution >= 0.6 is 11.3 Å². The molecule has 1 aliphatic heterocycles. The SMILES string of the molecule is COc1ccc(CN2CCC[C@H]([C@H](NC(C)=O)c3nccs3)C2)c(C)c1C. The van der Waals surface area contributed by atoms with Gasteiger partial charge in [-0.2, -0.15) is 0 Å². The van der Waals surface area contributed by atoms with Crippen molar-refractivity contribution in [1.29, 1.82) is 0 Å². The van der Waals surface area contributed by atoms with Gasteiger partial charge in [-0.3, -0.25) is 9.69 Å². The summed E-state index contributed by atoms with van der Waals surface area (Å²) >= 11 is 1.62. The highest BCUT2D eigenvalue weighted by Crippen LogP contribution is 2.32. The molecule has 1 aliphatic rings. The number of amides is 1. The zero-order valence-corrected chi connectivity index (χ0v) is 17.4. The lowest BCUT2D eigenvalue weighted by molar-refractivity contribution is -0.120. The highest BCUT2D eigenvalue weighted by Gasteiger charge is 2.30. The third-order valence-corrected chi connectivity index (χ3v) is 6.41. The summed E-state index contributed by atoms with van der Waals surface area (Å²) in [6.45, 7) is 8.86. The van der Waals surface area contributed by atoms with Gasteiger partial charge in [-0.15, -0.1) is 11.3 Å². The molecule has 2 atom stereocenters. The van der Waals surface area contributed by atoms with Gasteiger partial charge in [-0.05, 0) is 61.9 Å². The molecule has 1 aromatic carbocycles. The van der Waals surface area contributed by atoms with Crippen LogP contribution in [-0.2, 0) is 11.3 Å². The number of carbonyl (C=O) groups is 1. The molecule has 1 N–H and O–H groups in total. The number of carbonyl (C=O) groups excluding carboxylic acids is 1. The molecule has 1 aromatic heterocycles. The Balaban J connectivity index is 1.74. The summed E-state index contributed by atoms with van der Waals surface area (Å²) in [7, 11) is 1.72. The number of methoxy groups -OCH3 is 1. The van der Waals surface area contributed by atoms with E-state index in [0.29, 0.717) is 5.92 Å². The minimum Gasteiger partial charge on any atom is -0.496 e. The van der Waals surface area contributed by atoms with Crippen molar-refractivity contribution < 1.29 is 9.53 Å². The van der Waals surface area contributed by atoms with Gasteiger partial charge in [0, 0.05) is 31.6 Å². The molecular weight excluding hydrogens is 358 g/mol. The van der Waals surface area contributed by atoms with Crippen molar-refractivity contribution >= 4 is 17.2 Å². The molecule has 27 heavy (non-hydrogen) atoms. The average Bonchev–Trinajstić information content (AvgIpc) is 3.18. The number of nitrogens with one attached hydrogen (secondary N) is 1. The molecule has 3 rings (SSSR count). The number of piperidine rings is 1. The second kappa shape index (κ2) is 8.85. The summed E-state index contributed by atoms with van der Waals surface area (Å²) in [5.41, 5.74) is 3.86. The molecule has 5 nitrogen and oxygen atoms in total. The number of ether oxygens (including phenoxy) is 1. The summed E-state index contributed by atoms with van der Waals surface area (Å²) < 4.78 is 5.44. The zero-order valence-electron chi connectivity index (χ0n) is 16.6. The van der Waals surface area contributed by atoms with E-state index < -0.39 is 0 Å². The van der Waals surface area contributed by atoms with E-state index >= 15 is 0 Å². The van der Waals surface area contributed by atoms with Gasteiger partial charge in [0.25, 0.3) is 0 Å². The van der Waals surface area contributed by atoms with Crippen molar-refractivity contribution in [1.82, 2.24) is 15.2 Å². The molecule has 0 unspecified atom stereocenters. The third-order valence-electron chi connectivity index (χ3n) is 5.55. The maximum Gasteiger partial charge on any atom is 0.217 e. The Morgan fingerprint density at radius 3 is 2.89 bits per heavy atom. The Morgan fingerprint density at radius 1 is 1.41 bits per heavy atom. The largest absolute Gasteiger partial charge is 0.496 e. The number of rotatable bonds is 6. The Hall–Kier alpha value is -1.92. The second-order valence-electron chi connectivity index (χ2n) is 7.36. The van der Waals surface area contributed by atoms with E-state index in [0.717, 1.165) is 43.2 Å². The first kappa shape index (κ1) is 19.8. The van der Waals surface area contributed by atoms with Gasteiger partial charge >= 0.3 is 0 Å². The van der Waals surface area contributed by atoms with Crippen molar-refractivity contribution in [3.8, 4) is 5.75 Å². The number of benzene rings is 1. The van der Waals surface area contributed by atoms with E-state index in [1.54, 1.807) is 25.4 Å². The van der Waals surface area contributed by atoms with E-state index in [1.165, 1.54) is 16.7 Å². The second-order valence-corrected chi connectivity index (χ2v) is 8.29. The molecule has 0 radical (unpaired) electrons. The highest BCUT2D eigenvalue weighted by atomic mass is 32.1. The smallest absolute Gasteiger partial charge is 0.217 e. The predicted octanol–water partition coefficient (Wildman–Crippen LogP) is 3.86. The van der Waals surface area contributed by atoms with Crippen molar-refractivity contribution in [2.75, 3.05) is 20.2 Å². The van der Waals surface area contributed by atoms with Gasteiger partial charge in [0.1, 0.15) is 10.8 Å². The van der Waals surface area contributed by atoms with Crippen molar-refractivity contribution in [2.45, 2.75) is 46.2 Å². The molecule has 146 valence electrons. The summed E-state index contributed by atoms with van der Waals surface area (Å²) in [6, 6.07) is 4.25. The van der Waals surface area contributed by atoms with E-state index in [1.807, 2.05) is 11.6 Å². The minimum atomic E-state index is 0.00370. The molecule has 2 heterocycles. The van der Waals surface area contributed by atoms with E-state index in [2.05, 4.69) is 41.2 Å². The van der Waals surface area contributed by atoms with Crippen LogP contribution in [0.25, 0.3) is 0 Å². The number of hydrogen-bond acceptors (Lipinski definition) is 5. The molecule has 1 saturated heterocycles. The molecule has 1 fully saturated rings. The van der Waals surface area contributed by atoms with Gasteiger partial charge in [-0.1, -0.05) is 6.07 Å². The first-order valence-corrected chi connectivity index (χ1v) is 10.4. The standard InChI is InChI=1S/C21H29N3O2S/c1-14-15(2)19(26-4)8-7-17(14)12-24-10-5-6-18(13-24)20(23-16(3)25)21-22-9-11-27-21/h7-9,11,18,20H,5-6,10,12-13H2,1-4H3,(H,23,25)/t18-,20-/m0/s1. The topological polar surface area (TPSA) is 54.5 Å². The fourth-order valence-electron chi connectivity index (χ4n) is 3.98. The summed E-state index contributed by atoms with van der Waals surface area (Å²) in [5.74, 6) is 1.34. The van der Waals surface area contributed by atoms with Crippen LogP contribution in [0.3, 0.4) is 0 Å². The number of nitrogens with zero attached hydrogens (tertiary/aromatic N) is 2. The van der Waals surface area contributed by atoms with Crippen LogP contribution < -0.4 is 10.1 Å². The van der Waals surface area contributed by atoms with E-state index in [4.69, 9.17) is 4.74 Å². The van der Waals surface area contributed by atoms with Crippen LogP contribution in [0.1, 0.15) is 47.5 Å². The molecule has 0 aliphatic carbocycles. The maximum atomic E-state index is 11.7. The van der Waals surface area contributed by atoms with Gasteiger partial charge in [0.2, 0.25) is 5.91 Å². The van der Waals surface area contributed by atoms with Crippen LogP contribution in [0.15, 0.2) is 23.7 Å². The minimum absolute atomic E-state index is 0.00370. The first-order valence-electron chi connectivity index (χ1n) is 9.51. The van der Waals surface area contributed by atoms with Crippen molar-refractivity contribution in [3.05, 3.63) is 45.4 Å². The maximum absolute atomic E-state index is 11.7. The van der Waals surface area contributed by atoms with E-state index in [-0.39, 0.29) is 11.9 Å². The number of thiazole rings is 1. The quantitative estimate of drug-likeness (QED) is 0.818. The summed E-state index contributed by atoms with van der Waals surface area (Å²) in [5, 5.41) is 6.13. The Kier molecular flexibility index (Phi) is 6.50. The lowest BCUT2D eigenvalue weighted by Crippen LogP contribution is -2.42. The molecule has 0 saturated carbocycles. The molecule has 6 heteroatoms. The number of likely N-dealkylation sites (tertiary alicyclic amines) is 1. The third kappa shape index (κ3) is 4.68. The summed E-state index contributed by atoms with van der Waals surface area (Å²) in [4.78, 5) is 18.7. The highest BCUT2D eigenvalue weighted by molar-refractivity contribution is 7.09. The Morgan fingerprint density at radius 2 is 2.22 bits per heavy atom. The Labute approximate surface area is 165 Å². The molecule has 0 spiro atoms. The monoisotopic (exact) mass is 387 g/mol. The van der Waals surface area contributed by atoms with Gasteiger partial charge in [0.05, 0.1) is 13.2 Å². The first-order chi connectivity index (χ1) is 13.0. The molecule has 1 amide bonds. The van der Waals surface area contributed by atoms with Crippen LogP contribution in [0.4, 0.5) is 0 Å². The number of hydrogen-bond donors (Lipinski definition) is 1. The van der Waals surface area contributed by atoms with Gasteiger partial charge < -0.3 is 10.1 Å². The average molecular weight is 388 g/mol. The van der Waals surface area contributed by atoms with Gasteiger partial charge in [-0.25, -0.2) is 4.98 Å². The number of aromatic nitrogens is 1. The van der Waals surface area contributed by atoms with E-state index in [9.17, 15) is 4.79 Å². The van der Waals surface area contributed by atoms with Crippen LogP contribution in [0.5, 0.6) is 5.75 Å². The fraction of sp³-hybridized carbons (Fsp3) is 0.524. The van der Waals surface area contributed by atoms with Crippen molar-refractivity contribution in [2.24, 2.45) is 5.92 Å². The molecule has 2 aromatic rings. The lowest BCUT2D eigenvalue weighted by atomic mass is 9.90. The summed E-state index contributed by atoms with van der Waals surface area (Å²) in [6.07, 6.45) is 4.07. The van der Waals surface area contributed by atoms with Crippen molar-refractivity contribution in [3.63, 3.8) is 0 Å². The zero-order chi connectivity index (χ0) is 19.4. The van der Waals surface area contributed by atoms with Crippen LogP contribution in [0.2, 0.25) is 0 Å². The normalized spacial score (nSPS) is 18.9. The predicted molar refractivity (Wildman–Crippen MR) is 109 cm³/mol. The van der Waals surface area contributed by atoms with Crippen LogP contribution in [0, 0.1) is 19.8 Å². The lowest BCUT2D eigenvalue weighted by Gasteiger charge is -2.36.